The first-order valence-corrected chi connectivity index (χ1v) is 9.08. The molecule has 0 saturated heterocycles. The average molecular weight is 371 g/mol. The molecule has 3 heterocycles. The fourth-order valence-electron chi connectivity index (χ4n) is 3.54. The number of rotatable bonds is 2. The summed E-state index contributed by atoms with van der Waals surface area (Å²) < 4.78 is 45.6. The van der Waals surface area contributed by atoms with E-state index in [1.807, 2.05) is 22.8 Å². The van der Waals surface area contributed by atoms with Crippen LogP contribution >= 0.6 is 11.3 Å². The van der Waals surface area contributed by atoms with E-state index in [0.717, 1.165) is 53.1 Å². The molecule has 0 bridgehead atoms. The second kappa shape index (κ2) is 5.67. The number of aromatic nitrogens is 3. The maximum atomic E-state index is 14.4. The Kier molecular flexibility index (Phi) is 3.40. The van der Waals surface area contributed by atoms with Gasteiger partial charge in [-0.15, -0.1) is 11.3 Å². The molecule has 1 aliphatic heterocycles. The van der Waals surface area contributed by atoms with E-state index in [1.54, 1.807) is 5.51 Å². The van der Waals surface area contributed by atoms with Crippen LogP contribution in [0.2, 0.25) is 0 Å². The van der Waals surface area contributed by atoms with Crippen molar-refractivity contribution in [3.8, 4) is 22.5 Å². The second-order valence-corrected chi connectivity index (χ2v) is 7.12. The standard InChI is InChI=1S/C19H12F3N3S/c20-11-4-5-12(21)17(22)16(11)18-19(25-7-1-2-15(25)24-18)10-3-6-13-14(8-10)26-9-23-13/h3-6,8-9H,1-2,7H2. The number of imidazole rings is 1. The van der Waals surface area contributed by atoms with Crippen molar-refractivity contribution in [2.24, 2.45) is 0 Å². The molecule has 2 aromatic carbocycles. The fourth-order valence-corrected chi connectivity index (χ4v) is 4.26. The Bertz CT molecular complexity index is 1160. The van der Waals surface area contributed by atoms with Gasteiger partial charge in [-0.1, -0.05) is 6.07 Å². The van der Waals surface area contributed by atoms with Crippen LogP contribution in [-0.2, 0) is 13.0 Å². The minimum atomic E-state index is -1.21. The van der Waals surface area contributed by atoms with Crippen molar-refractivity contribution < 1.29 is 13.2 Å². The first-order valence-electron chi connectivity index (χ1n) is 8.20. The number of aryl methyl sites for hydroxylation is 1. The van der Waals surface area contributed by atoms with E-state index < -0.39 is 23.0 Å². The molecular weight excluding hydrogens is 359 g/mol. The number of nitrogens with zero attached hydrogens (tertiary/aromatic N) is 3. The maximum Gasteiger partial charge on any atom is 0.171 e. The molecule has 3 nitrogen and oxygen atoms in total. The number of hydrogen-bond acceptors (Lipinski definition) is 3. The van der Waals surface area contributed by atoms with Gasteiger partial charge in [-0.2, -0.15) is 0 Å². The van der Waals surface area contributed by atoms with Crippen LogP contribution in [0, 0.1) is 17.5 Å². The van der Waals surface area contributed by atoms with E-state index in [4.69, 9.17) is 0 Å². The van der Waals surface area contributed by atoms with Crippen LogP contribution in [0.5, 0.6) is 0 Å². The van der Waals surface area contributed by atoms with Gasteiger partial charge in [-0.3, -0.25) is 0 Å². The van der Waals surface area contributed by atoms with Crippen molar-refractivity contribution in [1.29, 1.82) is 0 Å². The third-order valence-corrected chi connectivity index (χ3v) is 5.51. The van der Waals surface area contributed by atoms with Crippen molar-refractivity contribution in [1.82, 2.24) is 14.5 Å². The van der Waals surface area contributed by atoms with Gasteiger partial charge in [0, 0.05) is 18.5 Å². The second-order valence-electron chi connectivity index (χ2n) is 6.23. The average Bonchev–Trinajstić information content (AvgIpc) is 3.33. The Hall–Kier alpha value is -2.67. The molecule has 0 fully saturated rings. The quantitative estimate of drug-likeness (QED) is 0.454. The van der Waals surface area contributed by atoms with Gasteiger partial charge in [0.1, 0.15) is 17.3 Å². The van der Waals surface area contributed by atoms with Gasteiger partial charge in [-0.25, -0.2) is 23.1 Å². The van der Waals surface area contributed by atoms with Crippen molar-refractivity contribution in [3.05, 3.63) is 59.1 Å². The molecule has 0 unspecified atom stereocenters. The van der Waals surface area contributed by atoms with Crippen molar-refractivity contribution in [3.63, 3.8) is 0 Å². The molecule has 1 aliphatic rings. The minimum absolute atomic E-state index is 0.151. The van der Waals surface area contributed by atoms with Crippen LogP contribution in [0.3, 0.4) is 0 Å². The molecule has 0 atom stereocenters. The highest BCUT2D eigenvalue weighted by molar-refractivity contribution is 7.16. The monoisotopic (exact) mass is 371 g/mol. The molecule has 0 N–H and O–H groups in total. The number of hydrogen-bond donors (Lipinski definition) is 0. The zero-order valence-corrected chi connectivity index (χ0v) is 14.3. The minimum Gasteiger partial charge on any atom is -0.327 e. The maximum absolute atomic E-state index is 14.4. The van der Waals surface area contributed by atoms with Gasteiger partial charge < -0.3 is 4.57 Å². The molecule has 0 aliphatic carbocycles. The first-order chi connectivity index (χ1) is 12.6. The smallest absolute Gasteiger partial charge is 0.171 e. The fraction of sp³-hybridized carbons (Fsp3) is 0.158. The van der Waals surface area contributed by atoms with Crippen LogP contribution in [0.4, 0.5) is 13.2 Å². The normalized spacial score (nSPS) is 13.5. The van der Waals surface area contributed by atoms with Crippen LogP contribution in [0.1, 0.15) is 12.2 Å². The molecule has 0 radical (unpaired) electrons. The van der Waals surface area contributed by atoms with Gasteiger partial charge >= 0.3 is 0 Å². The molecule has 7 heteroatoms. The molecule has 0 amide bonds. The Morgan fingerprint density at radius 3 is 2.77 bits per heavy atom. The van der Waals surface area contributed by atoms with Gasteiger partial charge in [0.05, 0.1) is 27.0 Å². The van der Waals surface area contributed by atoms with Gasteiger partial charge in [-0.05, 0) is 30.7 Å². The molecule has 4 aromatic rings. The molecule has 5 rings (SSSR count). The molecule has 130 valence electrons. The Labute approximate surface area is 150 Å². The summed E-state index contributed by atoms with van der Waals surface area (Å²) >= 11 is 1.49. The summed E-state index contributed by atoms with van der Waals surface area (Å²) in [5, 5.41) is 0. The zero-order chi connectivity index (χ0) is 17.8. The Morgan fingerprint density at radius 2 is 1.88 bits per heavy atom. The molecular formula is C19H12F3N3S. The summed E-state index contributed by atoms with van der Waals surface area (Å²) in [6.45, 7) is 0.719. The van der Waals surface area contributed by atoms with Crippen molar-refractivity contribution >= 4 is 21.6 Å². The predicted molar refractivity (Wildman–Crippen MR) is 94.5 cm³/mol. The summed E-state index contributed by atoms with van der Waals surface area (Å²) in [7, 11) is 0. The van der Waals surface area contributed by atoms with Gasteiger partial charge in [0.2, 0.25) is 0 Å². The first kappa shape index (κ1) is 15.6. The van der Waals surface area contributed by atoms with Gasteiger partial charge in [0.25, 0.3) is 0 Å². The molecule has 2 aromatic heterocycles. The van der Waals surface area contributed by atoms with Crippen LogP contribution < -0.4 is 0 Å². The molecule has 26 heavy (non-hydrogen) atoms. The summed E-state index contributed by atoms with van der Waals surface area (Å²) in [6, 6.07) is 7.41. The zero-order valence-electron chi connectivity index (χ0n) is 13.5. The molecule has 0 spiro atoms. The highest BCUT2D eigenvalue weighted by Crippen LogP contribution is 2.39. The lowest BCUT2D eigenvalue weighted by Crippen LogP contribution is -1.99. The van der Waals surface area contributed by atoms with E-state index in [-0.39, 0.29) is 5.69 Å². The lowest BCUT2D eigenvalue weighted by Gasteiger charge is -2.10. The largest absolute Gasteiger partial charge is 0.327 e. The van der Waals surface area contributed by atoms with E-state index in [9.17, 15) is 13.2 Å². The van der Waals surface area contributed by atoms with E-state index in [0.29, 0.717) is 5.69 Å². The summed E-state index contributed by atoms with van der Waals surface area (Å²) in [4.78, 5) is 8.73. The number of fused-ring (bicyclic) bond motifs is 2. The number of halogens is 3. The van der Waals surface area contributed by atoms with E-state index >= 15 is 0 Å². The molecule has 0 saturated carbocycles. The predicted octanol–water partition coefficient (Wildman–Crippen LogP) is 5.19. The summed E-state index contributed by atoms with van der Waals surface area (Å²) in [6.07, 6.45) is 1.65. The van der Waals surface area contributed by atoms with Crippen LogP contribution in [-0.4, -0.2) is 14.5 Å². The van der Waals surface area contributed by atoms with E-state index in [2.05, 4.69) is 9.97 Å². The Morgan fingerprint density at radius 1 is 1.04 bits per heavy atom. The summed E-state index contributed by atoms with van der Waals surface area (Å²) in [5.74, 6) is -2.34. The Balaban J connectivity index is 1.82. The third-order valence-electron chi connectivity index (χ3n) is 4.71. The van der Waals surface area contributed by atoms with Crippen LogP contribution in [0.25, 0.3) is 32.7 Å². The summed E-state index contributed by atoms with van der Waals surface area (Å²) in [5.41, 5.74) is 3.77. The van der Waals surface area contributed by atoms with E-state index in [1.165, 1.54) is 11.3 Å². The third kappa shape index (κ3) is 2.20. The number of benzene rings is 2. The highest BCUT2D eigenvalue weighted by atomic mass is 32.1. The lowest BCUT2D eigenvalue weighted by molar-refractivity contribution is 0.498. The SMILES string of the molecule is Fc1ccc(F)c(-c2nc3n(c2-c2ccc4ncsc4c2)CCC3)c1F. The highest BCUT2D eigenvalue weighted by Gasteiger charge is 2.28. The van der Waals surface area contributed by atoms with Crippen molar-refractivity contribution in [2.45, 2.75) is 19.4 Å². The van der Waals surface area contributed by atoms with Crippen molar-refractivity contribution in [2.75, 3.05) is 0 Å². The van der Waals surface area contributed by atoms with Gasteiger partial charge in [0.15, 0.2) is 11.6 Å². The lowest BCUT2D eigenvalue weighted by atomic mass is 10.0. The van der Waals surface area contributed by atoms with Crippen LogP contribution in [0.15, 0.2) is 35.8 Å². The number of thiazole rings is 1. The topological polar surface area (TPSA) is 30.7 Å².